The minimum Gasteiger partial charge on any atom is -0.454 e. The number of ketones is 1. The van der Waals surface area contributed by atoms with Crippen LogP contribution in [-0.2, 0) is 33.0 Å². The Hall–Kier alpha value is -2.28. The van der Waals surface area contributed by atoms with Crippen molar-refractivity contribution in [1.82, 2.24) is 0 Å². The monoisotopic (exact) mass is 621 g/mol. The Labute approximate surface area is 254 Å². The molecule has 43 heavy (non-hydrogen) atoms. The number of hydrogen-bond donors (Lipinski definition) is 2. The lowest BCUT2D eigenvalue weighted by atomic mass is 9.44. The van der Waals surface area contributed by atoms with Gasteiger partial charge in [0.25, 0.3) is 0 Å². The van der Waals surface area contributed by atoms with Gasteiger partial charge in [0.2, 0.25) is 0 Å². The van der Waals surface area contributed by atoms with Crippen LogP contribution in [0.15, 0.2) is 16.3 Å². The Balaban J connectivity index is 2.14. The van der Waals surface area contributed by atoms with Crippen LogP contribution in [0, 0.1) is 16.7 Å². The van der Waals surface area contributed by atoms with Gasteiger partial charge in [-0.3, -0.25) is 14.4 Å². The average molecular weight is 622 g/mol. The maximum absolute atomic E-state index is 15.3. The number of fused-ring (bicyclic) bond motifs is 5. The fourth-order valence-corrected chi connectivity index (χ4v) is 11.6. The number of aliphatic hydroxyl groups excluding tert-OH is 1. The van der Waals surface area contributed by atoms with Crippen LogP contribution < -0.4 is 0 Å². The van der Waals surface area contributed by atoms with Crippen molar-refractivity contribution in [2.75, 3.05) is 6.61 Å². The largest absolute Gasteiger partial charge is 0.454 e. The molecule has 0 unspecified atom stereocenters. The zero-order chi connectivity index (χ0) is 32.3. The minimum atomic E-state index is -2.41. The number of aliphatic hydroxyl groups is 2. The van der Waals surface area contributed by atoms with Crippen molar-refractivity contribution in [1.29, 1.82) is 0 Å². The van der Waals surface area contributed by atoms with Crippen LogP contribution in [0.4, 0.5) is 0 Å². The summed E-state index contributed by atoms with van der Waals surface area (Å²) in [6.07, 6.45) is -4.22. The topological polar surface area (TPSA) is 177 Å². The lowest BCUT2D eigenvalue weighted by Gasteiger charge is -2.68. The zero-order valence-corrected chi connectivity index (χ0v) is 27.8. The molecule has 3 aliphatic carbocycles. The summed E-state index contributed by atoms with van der Waals surface area (Å²) in [5.41, 5.74) is 4.31. The molecule has 4 rings (SSSR count). The fourth-order valence-electron chi connectivity index (χ4n) is 8.69. The van der Waals surface area contributed by atoms with Gasteiger partial charge in [-0.2, -0.15) is 0 Å². The molecule has 2 saturated carbocycles. The van der Waals surface area contributed by atoms with E-state index in [2.05, 4.69) is 30.8 Å². The molecule has 1 aliphatic heterocycles. The predicted octanol–water partition coefficient (Wildman–Crippen LogP) is 4.14. The second-order valence-corrected chi connectivity index (χ2v) is 18.3. The first-order valence-electron chi connectivity index (χ1n) is 15.3. The number of carbonyl (C=O) groups excluding carboxylic acids is 3. The highest BCUT2D eigenvalue weighted by Crippen LogP contribution is 2.65. The molecule has 0 aromatic heterocycles. The molecule has 0 aromatic carbocycles. The maximum Gasteiger partial charge on any atom is 0.303 e. The van der Waals surface area contributed by atoms with Crippen molar-refractivity contribution in [2.24, 2.45) is 21.9 Å². The number of rotatable bonds is 8. The third-order valence-corrected chi connectivity index (χ3v) is 16.1. The van der Waals surface area contributed by atoms with Gasteiger partial charge in [-0.15, -0.1) is 0 Å². The van der Waals surface area contributed by atoms with Crippen LogP contribution in [0.2, 0.25) is 18.1 Å². The normalized spacial score (nSPS) is 40.1. The van der Waals surface area contributed by atoms with Gasteiger partial charge in [-0.25, -0.2) is 0 Å². The first-order chi connectivity index (χ1) is 20.0. The van der Waals surface area contributed by atoms with Crippen LogP contribution in [0.3, 0.4) is 0 Å². The Kier molecular flexibility index (Phi) is 8.80. The van der Waals surface area contributed by atoms with Gasteiger partial charge in [-0.1, -0.05) is 39.7 Å². The minimum absolute atomic E-state index is 0.0914. The molecule has 2 bridgehead atoms. The smallest absolute Gasteiger partial charge is 0.303 e. The average Bonchev–Trinajstić information content (AvgIpc) is 2.92. The van der Waals surface area contributed by atoms with Gasteiger partial charge in [0, 0.05) is 42.9 Å². The Bertz CT molecular complexity index is 1250. The lowest BCUT2D eigenvalue weighted by Crippen LogP contribution is -2.81. The van der Waals surface area contributed by atoms with Crippen molar-refractivity contribution < 1.29 is 43.2 Å². The van der Waals surface area contributed by atoms with Crippen LogP contribution >= 0.6 is 0 Å². The van der Waals surface area contributed by atoms with Crippen LogP contribution in [0.25, 0.3) is 10.4 Å². The number of Topliss-reactive ketones (excluding diaryl/α,β-unsaturated/α-hetero) is 1. The van der Waals surface area contributed by atoms with Crippen molar-refractivity contribution in [3.8, 4) is 0 Å². The van der Waals surface area contributed by atoms with Gasteiger partial charge in [0.1, 0.15) is 6.10 Å². The molecule has 0 aromatic rings. The number of hydrogen-bond acceptors (Lipinski definition) is 10. The highest BCUT2D eigenvalue weighted by molar-refractivity contribution is 6.73. The molecule has 4 aliphatic rings. The van der Waals surface area contributed by atoms with Crippen LogP contribution in [0.1, 0.15) is 75.2 Å². The molecule has 1 saturated heterocycles. The van der Waals surface area contributed by atoms with Crippen molar-refractivity contribution in [2.45, 2.75) is 135 Å². The van der Waals surface area contributed by atoms with Crippen molar-refractivity contribution >= 4 is 26.0 Å². The van der Waals surface area contributed by atoms with Gasteiger partial charge in [0.15, 0.2) is 25.8 Å². The van der Waals surface area contributed by atoms with E-state index < -0.39 is 84.4 Å². The highest BCUT2D eigenvalue weighted by Gasteiger charge is 2.77. The molecule has 0 radical (unpaired) electrons. The van der Waals surface area contributed by atoms with E-state index in [9.17, 15) is 25.3 Å². The van der Waals surface area contributed by atoms with E-state index in [-0.39, 0.29) is 25.0 Å². The predicted molar refractivity (Wildman–Crippen MR) is 158 cm³/mol. The van der Waals surface area contributed by atoms with Gasteiger partial charge >= 0.3 is 11.9 Å². The van der Waals surface area contributed by atoms with E-state index >= 15 is 4.79 Å². The summed E-state index contributed by atoms with van der Waals surface area (Å²) in [6.45, 7) is 15.3. The summed E-state index contributed by atoms with van der Waals surface area (Å²) in [4.78, 5) is 43.7. The first kappa shape index (κ1) is 33.6. The maximum atomic E-state index is 15.3. The Morgan fingerprint density at radius 3 is 2.21 bits per heavy atom. The van der Waals surface area contributed by atoms with Gasteiger partial charge in [-0.05, 0) is 48.7 Å². The standard InChI is InChI=1S/C30H47N3O9Si/c1-10-43(11-2,12-3)42-20-13-21-29(15-39-21,41-18(6)35)24-25(32-33-31)30(38)14-19(36)16(4)22(27(30,7)8)23(40-17(5)34)26(37)28(20,24)9/h19-21,23-25,36,38H,10-15H2,1-9H3/t19-,20-,21+,23+,24-,25-,28+,29-,30+/m0/s1. The van der Waals surface area contributed by atoms with Gasteiger partial charge in [0.05, 0.1) is 35.9 Å². The SMILES string of the molecule is CC[Si](CC)(CC)O[C@H]1C[C@H]2OC[C@@]2(OC(C)=O)[C@H]2[C@H](N=[N+]=[N-])[C@]3(O)C[C@H](O)C(C)=C([C@@H](OC(C)=O)C(=O)[C@]12C)C3(C)C. The molecular formula is C30H47N3O9Si. The Morgan fingerprint density at radius 1 is 1.14 bits per heavy atom. The first-order valence-corrected chi connectivity index (χ1v) is 17.9. The molecular weight excluding hydrogens is 574 g/mol. The number of carbonyl (C=O) groups is 3. The van der Waals surface area contributed by atoms with E-state index in [1.54, 1.807) is 27.7 Å². The summed E-state index contributed by atoms with van der Waals surface area (Å²) in [7, 11) is -2.41. The number of esters is 2. The quantitative estimate of drug-likeness (QED) is 0.101. The second kappa shape index (κ2) is 11.3. The third kappa shape index (κ3) is 4.69. The van der Waals surface area contributed by atoms with E-state index in [0.29, 0.717) is 5.57 Å². The fraction of sp³-hybridized carbons (Fsp3) is 0.833. The second-order valence-electron chi connectivity index (χ2n) is 13.6. The number of ether oxygens (including phenoxy) is 3. The molecule has 2 N–H and O–H groups in total. The van der Waals surface area contributed by atoms with E-state index in [0.717, 1.165) is 18.1 Å². The van der Waals surface area contributed by atoms with E-state index in [4.69, 9.17) is 18.6 Å². The van der Waals surface area contributed by atoms with Gasteiger partial charge < -0.3 is 28.8 Å². The highest BCUT2D eigenvalue weighted by atomic mass is 28.4. The summed E-state index contributed by atoms with van der Waals surface area (Å²) in [6, 6.07) is 0.988. The van der Waals surface area contributed by atoms with E-state index in [1.807, 2.05) is 0 Å². The van der Waals surface area contributed by atoms with Crippen molar-refractivity contribution in [3.63, 3.8) is 0 Å². The van der Waals surface area contributed by atoms with E-state index in [1.165, 1.54) is 13.8 Å². The number of nitrogens with zero attached hydrogens (tertiary/aromatic N) is 3. The third-order valence-electron chi connectivity index (χ3n) is 11.5. The lowest BCUT2D eigenvalue weighted by molar-refractivity contribution is -0.329. The molecule has 9 atom stereocenters. The van der Waals surface area contributed by atoms with Crippen LogP contribution in [-0.4, -0.2) is 84.5 Å². The number of azide groups is 1. The molecule has 3 fully saturated rings. The summed E-state index contributed by atoms with van der Waals surface area (Å²) in [5.74, 6) is -2.99. The summed E-state index contributed by atoms with van der Waals surface area (Å²) >= 11 is 0. The molecule has 240 valence electrons. The molecule has 1 heterocycles. The molecule has 12 nitrogen and oxygen atoms in total. The molecule has 13 heteroatoms. The molecule has 0 spiro atoms. The van der Waals surface area contributed by atoms with Crippen molar-refractivity contribution in [3.05, 3.63) is 21.6 Å². The zero-order valence-electron chi connectivity index (χ0n) is 26.8. The Morgan fingerprint density at radius 2 is 1.74 bits per heavy atom. The van der Waals surface area contributed by atoms with Crippen LogP contribution in [0.5, 0.6) is 0 Å². The summed E-state index contributed by atoms with van der Waals surface area (Å²) < 4.78 is 25.0. The summed E-state index contributed by atoms with van der Waals surface area (Å²) in [5, 5.41) is 28.3. The molecule has 0 amide bonds.